The lowest BCUT2D eigenvalue weighted by molar-refractivity contribution is 0.920. The Morgan fingerprint density at radius 3 is 2.40 bits per heavy atom. The molecule has 1 heterocycles. The highest BCUT2D eigenvalue weighted by Crippen LogP contribution is 2.36. The summed E-state index contributed by atoms with van der Waals surface area (Å²) in [5.41, 5.74) is 8.69. The van der Waals surface area contributed by atoms with Gasteiger partial charge in [-0.3, -0.25) is 4.98 Å². The second-order valence-electron chi connectivity index (χ2n) is 7.02. The highest BCUT2D eigenvalue weighted by molar-refractivity contribution is 5.69. The van der Waals surface area contributed by atoms with E-state index in [0.29, 0.717) is 0 Å². The molecule has 1 aliphatic rings. The second kappa shape index (κ2) is 8.80. The van der Waals surface area contributed by atoms with Crippen LogP contribution in [0.1, 0.15) is 56.9 Å². The van der Waals surface area contributed by atoms with Crippen molar-refractivity contribution in [3.8, 4) is 11.1 Å². The molecule has 1 aliphatic carbocycles. The van der Waals surface area contributed by atoms with Crippen molar-refractivity contribution in [2.24, 2.45) is 5.92 Å². The van der Waals surface area contributed by atoms with Crippen LogP contribution in [0.15, 0.2) is 54.8 Å². The summed E-state index contributed by atoms with van der Waals surface area (Å²) in [6.07, 6.45) is 8.07. The van der Waals surface area contributed by atoms with E-state index in [1.807, 2.05) is 13.1 Å². The number of benzene rings is 1. The summed E-state index contributed by atoms with van der Waals surface area (Å²) in [7, 11) is 0. The standard InChI is InChI=1S/C17H19N.C7H12/c1-5-13(3)17-14(4)10-16(11-18-17)15-8-6-7-12(2)9-15;1-3-6(2)7-4-5-7/h5-11H,1-4H3;7H,2-5H2,1H3/b13-5-;. The number of hydrogen-bond acceptors (Lipinski definition) is 1. The highest BCUT2D eigenvalue weighted by atomic mass is 14.7. The number of allylic oxidation sites excluding steroid dienone is 3. The maximum absolute atomic E-state index is 4.59. The highest BCUT2D eigenvalue weighted by Gasteiger charge is 2.22. The minimum atomic E-state index is 0.921. The number of pyridine rings is 1. The van der Waals surface area contributed by atoms with Gasteiger partial charge in [0.2, 0.25) is 0 Å². The summed E-state index contributed by atoms with van der Waals surface area (Å²) < 4.78 is 0. The molecule has 1 fully saturated rings. The van der Waals surface area contributed by atoms with E-state index in [9.17, 15) is 0 Å². The van der Waals surface area contributed by atoms with Gasteiger partial charge in [-0.05, 0) is 75.6 Å². The van der Waals surface area contributed by atoms with Gasteiger partial charge >= 0.3 is 0 Å². The molecule has 1 heteroatoms. The fourth-order valence-electron chi connectivity index (χ4n) is 2.89. The molecule has 1 nitrogen and oxygen atoms in total. The van der Waals surface area contributed by atoms with Crippen molar-refractivity contribution < 1.29 is 0 Å². The van der Waals surface area contributed by atoms with Gasteiger partial charge in [-0.2, -0.15) is 0 Å². The largest absolute Gasteiger partial charge is 0.256 e. The first-order valence-corrected chi connectivity index (χ1v) is 9.30. The van der Waals surface area contributed by atoms with E-state index in [-0.39, 0.29) is 0 Å². The van der Waals surface area contributed by atoms with Gasteiger partial charge in [0.1, 0.15) is 0 Å². The molecule has 2 aromatic rings. The normalized spacial score (nSPS) is 13.9. The lowest BCUT2D eigenvalue weighted by Crippen LogP contribution is -1.92. The monoisotopic (exact) mass is 333 g/mol. The molecule has 0 bridgehead atoms. The summed E-state index contributed by atoms with van der Waals surface area (Å²) in [6.45, 7) is 14.5. The molecule has 0 amide bonds. The van der Waals surface area contributed by atoms with Crippen LogP contribution in [0.25, 0.3) is 16.7 Å². The van der Waals surface area contributed by atoms with Crippen LogP contribution in [-0.2, 0) is 0 Å². The fraction of sp³-hybridized carbons (Fsp3) is 0.375. The molecule has 0 aliphatic heterocycles. The Hall–Kier alpha value is -2.15. The first kappa shape index (κ1) is 19.2. The zero-order valence-corrected chi connectivity index (χ0v) is 16.4. The van der Waals surface area contributed by atoms with Crippen LogP contribution < -0.4 is 0 Å². The van der Waals surface area contributed by atoms with Crippen molar-refractivity contribution in [2.45, 2.75) is 53.9 Å². The summed E-state index contributed by atoms with van der Waals surface area (Å²) in [5.74, 6) is 0.921. The molecule has 0 spiro atoms. The molecular formula is C24H31N. The smallest absolute Gasteiger partial charge is 0.0685 e. The van der Waals surface area contributed by atoms with E-state index < -0.39 is 0 Å². The van der Waals surface area contributed by atoms with Crippen molar-refractivity contribution in [1.82, 2.24) is 4.98 Å². The Balaban J connectivity index is 0.000000269. The maximum atomic E-state index is 4.59. The van der Waals surface area contributed by atoms with E-state index in [0.717, 1.165) is 11.6 Å². The van der Waals surface area contributed by atoms with Gasteiger partial charge in [0.25, 0.3) is 0 Å². The van der Waals surface area contributed by atoms with Crippen LogP contribution in [0.4, 0.5) is 0 Å². The SMILES string of the molecule is C/C=C(/C)c1ncc(-c2cccc(C)c2)cc1C.C=C(CC)C1CC1. The predicted octanol–water partition coefficient (Wildman–Crippen LogP) is 7.15. The molecular weight excluding hydrogens is 302 g/mol. The lowest BCUT2D eigenvalue weighted by atomic mass is 10.0. The average molecular weight is 334 g/mol. The number of hydrogen-bond donors (Lipinski definition) is 0. The molecule has 3 rings (SSSR count). The molecule has 1 saturated carbocycles. The van der Waals surface area contributed by atoms with Crippen molar-refractivity contribution in [2.75, 3.05) is 0 Å². The zero-order chi connectivity index (χ0) is 18.4. The van der Waals surface area contributed by atoms with Gasteiger partial charge in [0, 0.05) is 11.8 Å². The number of aromatic nitrogens is 1. The van der Waals surface area contributed by atoms with Crippen LogP contribution in [-0.4, -0.2) is 4.98 Å². The summed E-state index contributed by atoms with van der Waals surface area (Å²) >= 11 is 0. The molecule has 0 atom stereocenters. The summed E-state index contributed by atoms with van der Waals surface area (Å²) in [4.78, 5) is 4.59. The van der Waals surface area contributed by atoms with Crippen LogP contribution in [0, 0.1) is 19.8 Å². The van der Waals surface area contributed by atoms with E-state index >= 15 is 0 Å². The van der Waals surface area contributed by atoms with Gasteiger partial charge in [-0.1, -0.05) is 55.0 Å². The van der Waals surface area contributed by atoms with E-state index in [1.54, 1.807) is 0 Å². The van der Waals surface area contributed by atoms with Crippen LogP contribution >= 0.6 is 0 Å². The molecule has 0 N–H and O–H groups in total. The third kappa shape index (κ3) is 5.42. The third-order valence-electron chi connectivity index (χ3n) is 4.85. The van der Waals surface area contributed by atoms with Crippen molar-refractivity contribution >= 4 is 5.57 Å². The second-order valence-corrected chi connectivity index (χ2v) is 7.02. The van der Waals surface area contributed by atoms with E-state index in [4.69, 9.17) is 0 Å². The molecule has 1 aromatic heterocycles. The molecule has 132 valence electrons. The Morgan fingerprint density at radius 2 is 1.92 bits per heavy atom. The molecule has 0 unspecified atom stereocenters. The minimum Gasteiger partial charge on any atom is -0.256 e. The zero-order valence-electron chi connectivity index (χ0n) is 16.4. The minimum absolute atomic E-state index is 0.921. The van der Waals surface area contributed by atoms with Gasteiger partial charge in [-0.25, -0.2) is 0 Å². The van der Waals surface area contributed by atoms with Gasteiger partial charge in [0.05, 0.1) is 5.69 Å². The summed E-state index contributed by atoms with van der Waals surface area (Å²) in [5, 5.41) is 0. The quantitative estimate of drug-likeness (QED) is 0.541. The van der Waals surface area contributed by atoms with E-state index in [2.05, 4.69) is 75.7 Å². The summed E-state index contributed by atoms with van der Waals surface area (Å²) in [6, 6.07) is 10.7. The van der Waals surface area contributed by atoms with Gasteiger partial charge in [-0.15, -0.1) is 0 Å². The lowest BCUT2D eigenvalue weighted by Gasteiger charge is -2.08. The van der Waals surface area contributed by atoms with Crippen LogP contribution in [0.3, 0.4) is 0 Å². The molecule has 0 saturated heterocycles. The number of rotatable bonds is 4. The Kier molecular flexibility index (Phi) is 6.75. The first-order valence-electron chi connectivity index (χ1n) is 9.30. The van der Waals surface area contributed by atoms with Gasteiger partial charge in [0.15, 0.2) is 0 Å². The van der Waals surface area contributed by atoms with Crippen molar-refractivity contribution in [1.29, 1.82) is 0 Å². The third-order valence-corrected chi connectivity index (χ3v) is 4.85. The van der Waals surface area contributed by atoms with E-state index in [1.165, 1.54) is 52.7 Å². The Morgan fingerprint density at radius 1 is 1.20 bits per heavy atom. The fourth-order valence-corrected chi connectivity index (χ4v) is 2.89. The van der Waals surface area contributed by atoms with Crippen LogP contribution in [0.5, 0.6) is 0 Å². The topological polar surface area (TPSA) is 12.9 Å². The Bertz CT molecular complexity index is 763. The Labute approximate surface area is 153 Å². The average Bonchev–Trinajstić information content (AvgIpc) is 3.46. The molecule has 25 heavy (non-hydrogen) atoms. The van der Waals surface area contributed by atoms with Crippen molar-refractivity contribution in [3.05, 3.63) is 71.6 Å². The maximum Gasteiger partial charge on any atom is 0.0685 e. The molecule has 0 radical (unpaired) electrons. The molecule has 1 aromatic carbocycles. The number of nitrogens with zero attached hydrogens (tertiary/aromatic N) is 1. The number of aryl methyl sites for hydroxylation is 2. The first-order chi connectivity index (χ1) is 12.0. The van der Waals surface area contributed by atoms with Gasteiger partial charge < -0.3 is 0 Å². The van der Waals surface area contributed by atoms with Crippen LogP contribution in [0.2, 0.25) is 0 Å². The predicted molar refractivity (Wildman–Crippen MR) is 111 cm³/mol. The van der Waals surface area contributed by atoms with Crippen molar-refractivity contribution in [3.63, 3.8) is 0 Å².